The number of ether oxygens (including phenoxy) is 1. The highest BCUT2D eigenvalue weighted by molar-refractivity contribution is 5.64. The molecule has 182 valence electrons. The monoisotopic (exact) mass is 474 g/mol. The Labute approximate surface area is 205 Å². The Hall–Kier alpha value is -3.39. The van der Waals surface area contributed by atoms with Crippen LogP contribution in [-0.2, 0) is 17.7 Å². The molecule has 0 radical (unpaired) electrons. The second kappa shape index (κ2) is 9.34. The highest BCUT2D eigenvalue weighted by Gasteiger charge is 2.26. The molecule has 1 aliphatic carbocycles. The average molecular weight is 475 g/mol. The number of methoxy groups -OCH3 is 1. The van der Waals surface area contributed by atoms with E-state index >= 15 is 0 Å². The molecule has 1 aromatic carbocycles. The summed E-state index contributed by atoms with van der Waals surface area (Å²) in [7, 11) is 1.71. The first-order chi connectivity index (χ1) is 16.9. The number of halogens is 1. The molecule has 1 atom stereocenters. The third-order valence-corrected chi connectivity index (χ3v) is 6.95. The predicted molar refractivity (Wildman–Crippen MR) is 132 cm³/mol. The third-order valence-electron chi connectivity index (χ3n) is 6.95. The summed E-state index contributed by atoms with van der Waals surface area (Å²) in [5, 5.41) is 9.67. The standard InChI is InChI=1S/C27H31FN6O/c1-16-24(33(14-20-6-7-20)32-27(16)21-8-10-22(28)11-9-21)12-23-13-25(30-15-29-23)34-18(3)26(17(2)31-34)19(4)35-5/h8-11,13,15,19-20H,6-7,12,14H2,1-5H3. The van der Waals surface area contributed by atoms with Crippen LogP contribution in [0.5, 0.6) is 0 Å². The van der Waals surface area contributed by atoms with E-state index in [1.807, 2.05) is 31.5 Å². The van der Waals surface area contributed by atoms with Crippen molar-refractivity contribution in [3.05, 3.63) is 76.4 Å². The predicted octanol–water partition coefficient (Wildman–Crippen LogP) is 5.30. The normalized spacial score (nSPS) is 14.5. The van der Waals surface area contributed by atoms with Crippen molar-refractivity contribution < 1.29 is 9.13 Å². The Kier molecular flexibility index (Phi) is 6.23. The van der Waals surface area contributed by atoms with E-state index < -0.39 is 0 Å². The van der Waals surface area contributed by atoms with Crippen molar-refractivity contribution in [1.82, 2.24) is 29.5 Å². The van der Waals surface area contributed by atoms with Crippen molar-refractivity contribution in [2.75, 3.05) is 7.11 Å². The van der Waals surface area contributed by atoms with Crippen molar-refractivity contribution in [1.29, 1.82) is 0 Å². The van der Waals surface area contributed by atoms with Gasteiger partial charge in [-0.2, -0.15) is 10.2 Å². The number of hydrogen-bond acceptors (Lipinski definition) is 5. The molecule has 1 unspecified atom stereocenters. The van der Waals surface area contributed by atoms with Gasteiger partial charge >= 0.3 is 0 Å². The Morgan fingerprint density at radius 3 is 2.51 bits per heavy atom. The molecule has 1 aliphatic rings. The van der Waals surface area contributed by atoms with Gasteiger partial charge in [-0.05, 0) is 76.3 Å². The molecule has 0 aliphatic heterocycles. The second-order valence-corrected chi connectivity index (χ2v) is 9.47. The van der Waals surface area contributed by atoms with E-state index in [-0.39, 0.29) is 11.9 Å². The van der Waals surface area contributed by atoms with Crippen LogP contribution in [0.25, 0.3) is 17.1 Å². The van der Waals surface area contributed by atoms with Crippen LogP contribution in [0.4, 0.5) is 4.39 Å². The summed E-state index contributed by atoms with van der Waals surface area (Å²) in [5.41, 5.74) is 7.96. The van der Waals surface area contributed by atoms with Gasteiger partial charge in [0.15, 0.2) is 5.82 Å². The van der Waals surface area contributed by atoms with Gasteiger partial charge in [-0.15, -0.1) is 0 Å². The van der Waals surface area contributed by atoms with Crippen LogP contribution >= 0.6 is 0 Å². The molecule has 35 heavy (non-hydrogen) atoms. The highest BCUT2D eigenvalue weighted by atomic mass is 19.1. The number of benzene rings is 1. The molecule has 0 bridgehead atoms. The van der Waals surface area contributed by atoms with Crippen LogP contribution in [0.1, 0.15) is 59.8 Å². The lowest BCUT2D eigenvalue weighted by atomic mass is 10.0. The maximum atomic E-state index is 13.5. The van der Waals surface area contributed by atoms with Gasteiger partial charge in [-0.3, -0.25) is 4.68 Å². The third kappa shape index (κ3) is 4.62. The fourth-order valence-corrected chi connectivity index (χ4v) is 4.74. The molecule has 8 heteroatoms. The van der Waals surface area contributed by atoms with Crippen LogP contribution < -0.4 is 0 Å². The minimum absolute atomic E-state index is 0.0469. The van der Waals surface area contributed by atoms with E-state index in [1.54, 1.807) is 25.6 Å². The van der Waals surface area contributed by atoms with Gasteiger partial charge in [-0.1, -0.05) is 0 Å². The van der Waals surface area contributed by atoms with E-state index in [0.29, 0.717) is 12.3 Å². The molecule has 3 heterocycles. The summed E-state index contributed by atoms with van der Waals surface area (Å²) in [4.78, 5) is 9.08. The highest BCUT2D eigenvalue weighted by Crippen LogP contribution is 2.34. The van der Waals surface area contributed by atoms with Crippen LogP contribution in [0.3, 0.4) is 0 Å². The van der Waals surface area contributed by atoms with E-state index in [4.69, 9.17) is 14.9 Å². The molecule has 1 fully saturated rings. The van der Waals surface area contributed by atoms with Gasteiger partial charge in [-0.25, -0.2) is 19.0 Å². The largest absolute Gasteiger partial charge is 0.377 e. The fraction of sp³-hybridized carbons (Fsp3) is 0.407. The van der Waals surface area contributed by atoms with Crippen molar-refractivity contribution in [3.63, 3.8) is 0 Å². The Morgan fingerprint density at radius 1 is 1.09 bits per heavy atom. The van der Waals surface area contributed by atoms with Crippen molar-refractivity contribution in [3.8, 4) is 17.1 Å². The number of aromatic nitrogens is 6. The average Bonchev–Trinajstić information content (AvgIpc) is 3.56. The molecule has 0 N–H and O–H groups in total. The molecule has 0 spiro atoms. The fourth-order valence-electron chi connectivity index (χ4n) is 4.74. The van der Waals surface area contributed by atoms with Crippen molar-refractivity contribution in [2.45, 2.75) is 59.6 Å². The molecule has 0 amide bonds. The van der Waals surface area contributed by atoms with Crippen LogP contribution in [-0.4, -0.2) is 36.6 Å². The molecule has 0 saturated heterocycles. The van der Waals surface area contributed by atoms with Crippen molar-refractivity contribution >= 4 is 0 Å². The van der Waals surface area contributed by atoms with Gasteiger partial charge < -0.3 is 4.74 Å². The summed E-state index contributed by atoms with van der Waals surface area (Å²) >= 11 is 0. The lowest BCUT2D eigenvalue weighted by molar-refractivity contribution is 0.118. The summed E-state index contributed by atoms with van der Waals surface area (Å²) in [6, 6.07) is 8.54. The summed E-state index contributed by atoms with van der Waals surface area (Å²) < 4.78 is 23.0. The first kappa shape index (κ1) is 23.4. The van der Waals surface area contributed by atoms with Gasteiger partial charge in [0.25, 0.3) is 0 Å². The van der Waals surface area contributed by atoms with Gasteiger partial charge in [0.2, 0.25) is 0 Å². The van der Waals surface area contributed by atoms with E-state index in [2.05, 4.69) is 21.6 Å². The van der Waals surface area contributed by atoms with Gasteiger partial charge in [0.05, 0.1) is 23.2 Å². The zero-order valence-electron chi connectivity index (χ0n) is 20.9. The van der Waals surface area contributed by atoms with E-state index in [1.165, 1.54) is 25.0 Å². The maximum absolute atomic E-state index is 13.5. The Bertz CT molecular complexity index is 1350. The zero-order chi connectivity index (χ0) is 24.7. The number of nitrogens with zero attached hydrogens (tertiary/aromatic N) is 6. The van der Waals surface area contributed by atoms with Crippen LogP contribution in [0, 0.1) is 32.5 Å². The SMILES string of the molecule is COC(C)c1c(C)nn(-c2cc(Cc3c(C)c(-c4ccc(F)cc4)nn3CC3CC3)ncn2)c1C. The van der Waals surface area contributed by atoms with E-state index in [0.717, 1.165) is 57.5 Å². The molecule has 3 aromatic heterocycles. The molecule has 7 nitrogen and oxygen atoms in total. The number of aryl methyl sites for hydroxylation is 1. The lowest BCUT2D eigenvalue weighted by Gasteiger charge is -2.11. The molecule has 4 aromatic rings. The minimum Gasteiger partial charge on any atom is -0.377 e. The Morgan fingerprint density at radius 2 is 1.83 bits per heavy atom. The molecule has 1 saturated carbocycles. The van der Waals surface area contributed by atoms with Crippen LogP contribution in [0.2, 0.25) is 0 Å². The first-order valence-electron chi connectivity index (χ1n) is 12.1. The van der Waals surface area contributed by atoms with Crippen molar-refractivity contribution in [2.24, 2.45) is 5.92 Å². The van der Waals surface area contributed by atoms with Gasteiger partial charge in [0, 0.05) is 48.7 Å². The molecular weight excluding hydrogens is 443 g/mol. The maximum Gasteiger partial charge on any atom is 0.157 e. The molecule has 5 rings (SSSR count). The Balaban J connectivity index is 1.50. The molecular formula is C27H31FN6O. The number of hydrogen-bond donors (Lipinski definition) is 0. The summed E-state index contributed by atoms with van der Waals surface area (Å²) in [6.45, 7) is 9.04. The first-order valence-corrected chi connectivity index (χ1v) is 12.1. The van der Waals surface area contributed by atoms with Crippen LogP contribution in [0.15, 0.2) is 36.7 Å². The topological polar surface area (TPSA) is 70.7 Å². The zero-order valence-corrected chi connectivity index (χ0v) is 20.9. The smallest absolute Gasteiger partial charge is 0.157 e. The van der Waals surface area contributed by atoms with Gasteiger partial charge in [0.1, 0.15) is 12.1 Å². The lowest BCUT2D eigenvalue weighted by Crippen LogP contribution is -2.10. The summed E-state index contributed by atoms with van der Waals surface area (Å²) in [5.74, 6) is 1.16. The number of rotatable bonds is 8. The quantitative estimate of drug-likeness (QED) is 0.347. The van der Waals surface area contributed by atoms with E-state index in [9.17, 15) is 4.39 Å². The summed E-state index contributed by atoms with van der Waals surface area (Å²) in [6.07, 6.45) is 4.65. The second-order valence-electron chi connectivity index (χ2n) is 9.47. The minimum atomic E-state index is -0.246.